The number of fused-ring (bicyclic) bond motifs is 1. The molecule has 0 aliphatic rings. The maximum Gasteiger partial charge on any atom is 0.239 e. The number of rotatable bonds is 8. The normalized spacial score (nSPS) is 10.9. The van der Waals surface area contributed by atoms with Crippen LogP contribution in [0.1, 0.15) is 11.3 Å². The minimum absolute atomic E-state index is 0.159. The molecule has 0 saturated carbocycles. The van der Waals surface area contributed by atoms with Gasteiger partial charge in [-0.3, -0.25) is 4.79 Å². The van der Waals surface area contributed by atoms with Gasteiger partial charge in [-0.15, -0.1) is 0 Å². The SMILES string of the molecule is COc1cc(NC(=O)CN(C)Sc2cc(C)cc3cc(C#N)n(SOI)c23)ccn1. The van der Waals surface area contributed by atoms with E-state index in [0.717, 1.165) is 33.6 Å². The van der Waals surface area contributed by atoms with Gasteiger partial charge < -0.3 is 10.1 Å². The maximum absolute atomic E-state index is 12.5. The Balaban J connectivity index is 1.78. The van der Waals surface area contributed by atoms with Crippen LogP contribution in [0.3, 0.4) is 0 Å². The number of halogens is 1. The van der Waals surface area contributed by atoms with Gasteiger partial charge in [0.2, 0.25) is 11.8 Å². The third-order valence-electron chi connectivity index (χ3n) is 4.03. The molecule has 30 heavy (non-hydrogen) atoms. The second-order valence-corrected chi connectivity index (χ2v) is 9.25. The second-order valence-electron chi connectivity index (χ2n) is 6.29. The number of likely N-dealkylation sites (N-methyl/N-ethyl adjacent to an activating group) is 1. The molecule has 11 heteroatoms. The summed E-state index contributed by atoms with van der Waals surface area (Å²) in [6, 6.07) is 11.4. The number of amides is 1. The van der Waals surface area contributed by atoms with Crippen LogP contribution in [0.15, 0.2) is 41.4 Å². The Morgan fingerprint density at radius 3 is 2.90 bits per heavy atom. The highest BCUT2D eigenvalue weighted by Crippen LogP contribution is 2.36. The lowest BCUT2D eigenvalue weighted by Crippen LogP contribution is -2.25. The van der Waals surface area contributed by atoms with Gasteiger partial charge in [-0.1, -0.05) is 0 Å². The van der Waals surface area contributed by atoms with E-state index in [2.05, 4.69) is 16.4 Å². The van der Waals surface area contributed by atoms with E-state index >= 15 is 0 Å². The molecule has 0 unspecified atom stereocenters. The highest BCUT2D eigenvalue weighted by Gasteiger charge is 2.17. The average molecular weight is 555 g/mol. The quantitative estimate of drug-likeness (QED) is 0.246. The van der Waals surface area contributed by atoms with Gasteiger partial charge in [0.1, 0.15) is 47.0 Å². The van der Waals surface area contributed by atoms with Gasteiger partial charge in [-0.2, -0.15) is 5.26 Å². The van der Waals surface area contributed by atoms with Crippen molar-refractivity contribution < 1.29 is 12.0 Å². The van der Waals surface area contributed by atoms with Crippen LogP contribution < -0.4 is 10.1 Å². The lowest BCUT2D eigenvalue weighted by Gasteiger charge is -2.17. The van der Waals surface area contributed by atoms with E-state index in [1.807, 2.05) is 36.5 Å². The van der Waals surface area contributed by atoms with Crippen molar-refractivity contribution in [2.24, 2.45) is 0 Å². The van der Waals surface area contributed by atoms with E-state index in [0.29, 0.717) is 17.3 Å². The van der Waals surface area contributed by atoms with Crippen molar-refractivity contribution >= 4 is 69.7 Å². The summed E-state index contributed by atoms with van der Waals surface area (Å²) in [5.41, 5.74) is 3.04. The minimum Gasteiger partial charge on any atom is -0.481 e. The molecule has 0 spiro atoms. The number of hydrogen-bond donors (Lipinski definition) is 1. The fraction of sp³-hybridized carbons (Fsp3) is 0.211. The molecule has 2 aromatic heterocycles. The highest BCUT2D eigenvalue weighted by atomic mass is 127. The number of nitrogens with zero attached hydrogens (tertiary/aromatic N) is 4. The van der Waals surface area contributed by atoms with E-state index in [9.17, 15) is 10.1 Å². The van der Waals surface area contributed by atoms with Crippen molar-refractivity contribution in [1.29, 1.82) is 5.26 Å². The predicted molar refractivity (Wildman–Crippen MR) is 127 cm³/mol. The first-order valence-electron chi connectivity index (χ1n) is 8.66. The van der Waals surface area contributed by atoms with Crippen molar-refractivity contribution in [2.45, 2.75) is 11.8 Å². The number of carbonyl (C=O) groups excluding carboxylic acids is 1. The Bertz CT molecular complexity index is 1120. The van der Waals surface area contributed by atoms with E-state index in [1.54, 1.807) is 45.3 Å². The third-order valence-corrected chi connectivity index (χ3v) is 6.04. The molecule has 0 aliphatic heterocycles. The summed E-state index contributed by atoms with van der Waals surface area (Å²) in [5, 5.41) is 13.2. The number of nitriles is 1. The molecule has 0 fully saturated rings. The van der Waals surface area contributed by atoms with E-state index in [-0.39, 0.29) is 12.5 Å². The number of aryl methyl sites for hydroxylation is 1. The number of carbonyl (C=O) groups is 1. The van der Waals surface area contributed by atoms with E-state index in [4.69, 9.17) is 7.25 Å². The number of nitrogens with one attached hydrogen (secondary N) is 1. The van der Waals surface area contributed by atoms with Crippen molar-refractivity contribution in [3.05, 3.63) is 47.8 Å². The summed E-state index contributed by atoms with van der Waals surface area (Å²) in [4.78, 5) is 17.4. The molecule has 8 nitrogen and oxygen atoms in total. The molecule has 0 saturated heterocycles. The first kappa shape index (κ1) is 22.7. The molecular weight excluding hydrogens is 537 g/mol. The van der Waals surface area contributed by atoms with Gasteiger partial charge in [-0.05, 0) is 55.7 Å². The Hall–Kier alpha value is -1.98. The van der Waals surface area contributed by atoms with E-state index in [1.165, 1.54) is 19.1 Å². The van der Waals surface area contributed by atoms with Crippen LogP contribution in [-0.4, -0.2) is 39.9 Å². The maximum atomic E-state index is 12.5. The molecule has 3 rings (SSSR count). The molecule has 0 atom stereocenters. The number of ether oxygens (including phenoxy) is 1. The fourth-order valence-electron chi connectivity index (χ4n) is 2.88. The monoisotopic (exact) mass is 555 g/mol. The van der Waals surface area contributed by atoms with Gasteiger partial charge in [0.25, 0.3) is 0 Å². The standard InChI is InChI=1S/C19H18IN5O3S2/c1-12-6-13-8-15(10-21)25(30-28-20)19(13)16(7-12)29-24(2)11-17(26)23-14-4-5-22-18(9-14)27-3/h4-9H,11H2,1-3H3,(H,22,23,26). The Kier molecular flexibility index (Phi) is 7.84. The number of aromatic nitrogens is 2. The number of pyridine rings is 1. The summed E-state index contributed by atoms with van der Waals surface area (Å²) in [6.07, 6.45) is 1.57. The molecular formula is C19H18IN5O3S2. The lowest BCUT2D eigenvalue weighted by molar-refractivity contribution is -0.116. The molecule has 0 radical (unpaired) electrons. The lowest BCUT2D eigenvalue weighted by atomic mass is 10.2. The fourth-order valence-corrected chi connectivity index (χ4v) is 4.98. The topological polar surface area (TPSA) is 92.4 Å². The predicted octanol–water partition coefficient (Wildman–Crippen LogP) is 4.58. The van der Waals surface area contributed by atoms with Crippen LogP contribution in [0.2, 0.25) is 0 Å². The smallest absolute Gasteiger partial charge is 0.239 e. The van der Waals surface area contributed by atoms with Gasteiger partial charge >= 0.3 is 0 Å². The van der Waals surface area contributed by atoms with Crippen LogP contribution in [0.5, 0.6) is 5.88 Å². The Morgan fingerprint density at radius 2 is 2.20 bits per heavy atom. The summed E-state index contributed by atoms with van der Waals surface area (Å²) < 4.78 is 13.8. The first-order chi connectivity index (χ1) is 14.4. The molecule has 156 valence electrons. The van der Waals surface area contributed by atoms with Crippen molar-refractivity contribution in [3.8, 4) is 11.9 Å². The van der Waals surface area contributed by atoms with Crippen LogP contribution in [0.25, 0.3) is 10.9 Å². The van der Waals surface area contributed by atoms with Crippen molar-refractivity contribution in [1.82, 2.24) is 13.3 Å². The Morgan fingerprint density at radius 1 is 1.40 bits per heavy atom. The second kappa shape index (κ2) is 10.4. The molecule has 1 N–H and O–H groups in total. The summed E-state index contributed by atoms with van der Waals surface area (Å²) in [5.74, 6) is 0.266. The number of methoxy groups -OCH3 is 1. The summed E-state index contributed by atoms with van der Waals surface area (Å²) >= 11 is 4.29. The number of benzene rings is 1. The number of anilines is 1. The average Bonchev–Trinajstić information content (AvgIpc) is 3.05. The van der Waals surface area contributed by atoms with Crippen LogP contribution >= 0.6 is 47.2 Å². The van der Waals surface area contributed by atoms with Gasteiger partial charge in [0, 0.05) is 28.2 Å². The van der Waals surface area contributed by atoms with Gasteiger partial charge in [-0.25, -0.2) is 15.8 Å². The summed E-state index contributed by atoms with van der Waals surface area (Å²) in [6.45, 7) is 2.16. The van der Waals surface area contributed by atoms with Gasteiger partial charge in [0.05, 0.1) is 19.2 Å². The zero-order chi connectivity index (χ0) is 21.7. The molecule has 1 aromatic carbocycles. The zero-order valence-corrected chi connectivity index (χ0v) is 20.2. The highest BCUT2D eigenvalue weighted by molar-refractivity contribution is 14.1. The first-order valence-corrected chi connectivity index (χ1v) is 11.0. The minimum atomic E-state index is -0.166. The van der Waals surface area contributed by atoms with E-state index < -0.39 is 0 Å². The third kappa shape index (κ3) is 5.38. The molecule has 0 bridgehead atoms. The van der Waals surface area contributed by atoms with Crippen LogP contribution in [0, 0.1) is 18.3 Å². The molecule has 2 heterocycles. The molecule has 3 aromatic rings. The Labute approximate surface area is 197 Å². The molecule has 0 aliphatic carbocycles. The van der Waals surface area contributed by atoms with Crippen LogP contribution in [0.4, 0.5) is 5.69 Å². The van der Waals surface area contributed by atoms with Crippen LogP contribution in [-0.2, 0) is 7.31 Å². The summed E-state index contributed by atoms with van der Waals surface area (Å²) in [7, 11) is 3.36. The zero-order valence-electron chi connectivity index (χ0n) is 16.4. The van der Waals surface area contributed by atoms with Gasteiger partial charge in [0.15, 0.2) is 0 Å². The van der Waals surface area contributed by atoms with Crippen molar-refractivity contribution in [3.63, 3.8) is 0 Å². The molecule has 1 amide bonds. The van der Waals surface area contributed by atoms with Crippen molar-refractivity contribution in [2.75, 3.05) is 26.0 Å². The number of hydrogen-bond acceptors (Lipinski definition) is 8. The largest absolute Gasteiger partial charge is 0.481 e.